The Kier molecular flexibility index (Phi) is 7.77. The van der Waals surface area contributed by atoms with Crippen LogP contribution >= 0.6 is 0 Å². The average molecular weight is 170 g/mol. The van der Waals surface area contributed by atoms with E-state index in [0.717, 1.165) is 0 Å². The molecule has 0 fully saturated rings. The number of carbonyl (C=O) groups is 2. The average Bonchev–Trinajstić information content (AvgIpc) is 1.84. The molecule has 0 saturated carbocycles. The van der Waals surface area contributed by atoms with Crippen molar-refractivity contribution in [3.63, 3.8) is 0 Å². The number of rotatable bonds is 2. The number of carbonyl (C=O) groups excluding carboxylic acids is 1. The number of nitrogens with two attached hydrogens (primary N) is 1. The van der Waals surface area contributed by atoms with Crippen LogP contribution in [-0.2, 0) is 9.59 Å². The Morgan fingerprint density at radius 1 is 1.50 bits per heavy atom. The molecule has 0 spiro atoms. The van der Waals surface area contributed by atoms with E-state index in [1.807, 2.05) is 0 Å². The van der Waals surface area contributed by atoms with Crippen molar-refractivity contribution in [2.24, 2.45) is 5.84 Å². The summed E-state index contributed by atoms with van der Waals surface area (Å²) in [4.78, 5) is 20.1. The third-order valence-electron chi connectivity index (χ3n) is 0.663. The first-order valence-corrected chi connectivity index (χ1v) is 2.02. The van der Waals surface area contributed by atoms with Crippen molar-refractivity contribution in [3.8, 4) is 0 Å². The normalized spacial score (nSPS) is 7.30. The van der Waals surface area contributed by atoms with Crippen LogP contribution in [0.4, 0.5) is 0 Å². The van der Waals surface area contributed by atoms with Crippen molar-refractivity contribution < 1.29 is 14.7 Å². The SMILES string of the molecule is C=C(C(=O)O)C(=O)NN.[KH]. The number of hydrogen-bond acceptors (Lipinski definition) is 3. The summed E-state index contributed by atoms with van der Waals surface area (Å²) in [6.45, 7) is 2.93. The second kappa shape index (κ2) is 6.02. The number of aliphatic carboxylic acids is 1. The zero-order valence-corrected chi connectivity index (χ0v) is 4.55. The van der Waals surface area contributed by atoms with Gasteiger partial charge in [-0.3, -0.25) is 10.2 Å². The summed E-state index contributed by atoms with van der Waals surface area (Å²) in [5.74, 6) is 2.32. The van der Waals surface area contributed by atoms with Crippen LogP contribution in [0, 0.1) is 0 Å². The number of hydrazine groups is 1. The summed E-state index contributed by atoms with van der Waals surface area (Å²) >= 11 is 0. The van der Waals surface area contributed by atoms with E-state index >= 15 is 0 Å². The Labute approximate surface area is 100 Å². The van der Waals surface area contributed by atoms with Gasteiger partial charge in [0.1, 0.15) is 5.57 Å². The molecule has 0 radical (unpaired) electrons. The van der Waals surface area contributed by atoms with Crippen molar-refractivity contribution in [3.05, 3.63) is 12.2 Å². The molecule has 0 aliphatic carbocycles. The molecule has 0 unspecified atom stereocenters. The van der Waals surface area contributed by atoms with Crippen LogP contribution in [0.5, 0.6) is 0 Å². The van der Waals surface area contributed by atoms with Gasteiger partial charge in [0.25, 0.3) is 5.91 Å². The molecule has 0 aromatic rings. The van der Waals surface area contributed by atoms with E-state index in [1.54, 1.807) is 5.43 Å². The van der Waals surface area contributed by atoms with E-state index in [9.17, 15) is 9.59 Å². The van der Waals surface area contributed by atoms with Crippen LogP contribution in [0.25, 0.3) is 0 Å². The molecule has 10 heavy (non-hydrogen) atoms. The molecule has 1 amide bonds. The Hall–Kier alpha value is 0.276. The maximum absolute atomic E-state index is 10.2. The number of carboxylic acids is 1. The second-order valence-electron chi connectivity index (χ2n) is 1.26. The molecular weight excluding hydrogens is 163 g/mol. The van der Waals surface area contributed by atoms with E-state index in [1.165, 1.54) is 0 Å². The Bertz CT molecular complexity index is 168. The zero-order valence-electron chi connectivity index (χ0n) is 4.55. The van der Waals surface area contributed by atoms with Crippen LogP contribution < -0.4 is 11.3 Å². The van der Waals surface area contributed by atoms with Gasteiger partial charge in [0, 0.05) is 0 Å². The van der Waals surface area contributed by atoms with Gasteiger partial charge in [-0.05, 0) is 0 Å². The van der Waals surface area contributed by atoms with Crippen molar-refractivity contribution in [2.45, 2.75) is 0 Å². The van der Waals surface area contributed by atoms with Gasteiger partial charge in [-0.25, -0.2) is 10.6 Å². The van der Waals surface area contributed by atoms with Crippen LogP contribution in [0.1, 0.15) is 0 Å². The molecule has 0 aliphatic heterocycles. The zero-order chi connectivity index (χ0) is 7.44. The first-order chi connectivity index (χ1) is 4.09. The van der Waals surface area contributed by atoms with Crippen LogP contribution in [0.2, 0.25) is 0 Å². The molecule has 0 bridgehead atoms. The van der Waals surface area contributed by atoms with Crippen molar-refractivity contribution >= 4 is 63.3 Å². The molecule has 0 rings (SSSR count). The van der Waals surface area contributed by atoms with Crippen molar-refractivity contribution in [1.82, 2.24) is 5.43 Å². The maximum atomic E-state index is 10.2. The van der Waals surface area contributed by atoms with E-state index in [-0.39, 0.29) is 51.4 Å². The van der Waals surface area contributed by atoms with E-state index in [2.05, 4.69) is 12.4 Å². The molecule has 0 atom stereocenters. The number of nitrogens with one attached hydrogen (secondary N) is 1. The third kappa shape index (κ3) is 4.15. The first kappa shape index (κ1) is 12.9. The summed E-state index contributed by atoms with van der Waals surface area (Å²) in [5.41, 5.74) is 1.06. The van der Waals surface area contributed by atoms with Gasteiger partial charge >= 0.3 is 57.4 Å². The minimum absolute atomic E-state index is 0. The molecule has 52 valence electrons. The predicted molar refractivity (Wildman–Crippen MR) is 36.3 cm³/mol. The van der Waals surface area contributed by atoms with Gasteiger partial charge in [-0.2, -0.15) is 0 Å². The molecular formula is C4H7KN2O3. The number of amides is 1. The van der Waals surface area contributed by atoms with Crippen LogP contribution in [0.15, 0.2) is 12.2 Å². The summed E-state index contributed by atoms with van der Waals surface area (Å²) in [5, 5.41) is 8.07. The second-order valence-corrected chi connectivity index (χ2v) is 1.26. The van der Waals surface area contributed by atoms with Crippen molar-refractivity contribution in [2.75, 3.05) is 0 Å². The van der Waals surface area contributed by atoms with Crippen LogP contribution in [-0.4, -0.2) is 68.4 Å². The summed E-state index contributed by atoms with van der Waals surface area (Å²) in [7, 11) is 0. The third-order valence-corrected chi connectivity index (χ3v) is 0.663. The van der Waals surface area contributed by atoms with Gasteiger partial charge in [0.15, 0.2) is 0 Å². The van der Waals surface area contributed by atoms with E-state index in [4.69, 9.17) is 5.11 Å². The Morgan fingerprint density at radius 2 is 1.90 bits per heavy atom. The number of hydrogen-bond donors (Lipinski definition) is 3. The Balaban J connectivity index is 0. The molecule has 5 nitrogen and oxygen atoms in total. The quantitative estimate of drug-likeness (QED) is 0.0847. The molecule has 0 aromatic carbocycles. The van der Waals surface area contributed by atoms with Gasteiger partial charge in [0.05, 0.1) is 0 Å². The molecule has 0 heterocycles. The van der Waals surface area contributed by atoms with Crippen molar-refractivity contribution in [1.29, 1.82) is 0 Å². The van der Waals surface area contributed by atoms with E-state index in [0.29, 0.717) is 0 Å². The standard InChI is InChI=1S/C4H6N2O3.K.H/c1-2(4(8)9)3(7)6-5;;/h1,5H2,(H,6,7)(H,8,9);;. The van der Waals surface area contributed by atoms with E-state index < -0.39 is 17.4 Å². The molecule has 0 aromatic heterocycles. The van der Waals surface area contributed by atoms with Crippen LogP contribution in [0.3, 0.4) is 0 Å². The Morgan fingerprint density at radius 3 is 2.00 bits per heavy atom. The monoisotopic (exact) mass is 170 g/mol. The fourth-order valence-corrected chi connectivity index (χ4v) is 0.184. The fourth-order valence-electron chi connectivity index (χ4n) is 0.184. The fraction of sp³-hybridized carbons (Fsp3) is 0. The minimum atomic E-state index is -1.38. The predicted octanol–water partition coefficient (Wildman–Crippen LogP) is -2.03. The molecule has 4 N–H and O–H groups in total. The van der Waals surface area contributed by atoms with Gasteiger partial charge in [-0.1, -0.05) is 6.58 Å². The molecule has 6 heteroatoms. The molecule has 0 saturated heterocycles. The number of carboxylic acid groups (broad SMARTS) is 1. The van der Waals surface area contributed by atoms with Gasteiger partial charge in [0.2, 0.25) is 0 Å². The topological polar surface area (TPSA) is 92.4 Å². The summed E-state index contributed by atoms with van der Waals surface area (Å²) in [6.07, 6.45) is 0. The van der Waals surface area contributed by atoms with Gasteiger partial charge in [-0.15, -0.1) is 0 Å². The van der Waals surface area contributed by atoms with Gasteiger partial charge < -0.3 is 5.11 Å². The first-order valence-electron chi connectivity index (χ1n) is 2.02. The summed E-state index contributed by atoms with van der Waals surface area (Å²) in [6, 6.07) is 0. The molecule has 0 aliphatic rings. The summed E-state index contributed by atoms with van der Waals surface area (Å²) < 4.78 is 0.